The Kier molecular flexibility index (Phi) is 4.07. The van der Waals surface area contributed by atoms with E-state index in [1.807, 2.05) is 12.1 Å². The molecule has 0 radical (unpaired) electrons. The molecule has 0 saturated heterocycles. The van der Waals surface area contributed by atoms with E-state index >= 15 is 0 Å². The first-order valence-corrected chi connectivity index (χ1v) is 5.23. The highest BCUT2D eigenvalue weighted by Gasteiger charge is 2.20. The normalized spacial score (nSPS) is 19.2. The average molecular weight is 299 g/mol. The molecule has 0 spiro atoms. The van der Waals surface area contributed by atoms with Gasteiger partial charge in [-0.05, 0) is 28.1 Å². The molecule has 5 heteroatoms. The Balaban J connectivity index is 0.000000980. The Morgan fingerprint density at radius 3 is 2.93 bits per heavy atom. The van der Waals surface area contributed by atoms with E-state index in [0.717, 1.165) is 22.2 Å². The lowest BCUT2D eigenvalue weighted by molar-refractivity contribution is 0.267. The van der Waals surface area contributed by atoms with Crippen molar-refractivity contribution in [3.63, 3.8) is 0 Å². The second-order valence-electron chi connectivity index (χ2n) is 3.05. The maximum Gasteiger partial charge on any atom is 0.138 e. The second-order valence-corrected chi connectivity index (χ2v) is 4.34. The van der Waals surface area contributed by atoms with Crippen molar-refractivity contribution in [3.05, 3.63) is 27.2 Å². The van der Waals surface area contributed by atoms with Crippen LogP contribution in [0.2, 0.25) is 5.02 Å². The molecule has 2 nitrogen and oxygen atoms in total. The van der Waals surface area contributed by atoms with Gasteiger partial charge in [-0.15, -0.1) is 12.4 Å². The van der Waals surface area contributed by atoms with Gasteiger partial charge in [0.25, 0.3) is 0 Å². The maximum atomic E-state index is 5.92. The minimum absolute atomic E-state index is 0. The quantitative estimate of drug-likeness (QED) is 0.797. The zero-order valence-electron chi connectivity index (χ0n) is 7.30. The van der Waals surface area contributed by atoms with Crippen LogP contribution < -0.4 is 10.5 Å². The summed E-state index contributed by atoms with van der Waals surface area (Å²) in [5, 5.41) is 0.687. The number of ether oxygens (including phenoxy) is 1. The van der Waals surface area contributed by atoms with Gasteiger partial charge in [-0.25, -0.2) is 0 Å². The molecule has 1 aliphatic rings. The summed E-state index contributed by atoms with van der Waals surface area (Å²) in [5.74, 6) is 0.836. The van der Waals surface area contributed by atoms with Gasteiger partial charge in [-0.3, -0.25) is 0 Å². The molecule has 1 aromatic rings. The van der Waals surface area contributed by atoms with E-state index in [1.165, 1.54) is 0 Å². The Morgan fingerprint density at radius 1 is 1.50 bits per heavy atom. The van der Waals surface area contributed by atoms with Gasteiger partial charge in [0, 0.05) is 23.0 Å². The monoisotopic (exact) mass is 297 g/mol. The molecule has 0 aliphatic carbocycles. The summed E-state index contributed by atoms with van der Waals surface area (Å²) in [7, 11) is 0. The first-order valence-electron chi connectivity index (χ1n) is 4.06. The van der Waals surface area contributed by atoms with E-state index in [9.17, 15) is 0 Å². The van der Waals surface area contributed by atoms with Crippen molar-refractivity contribution in [2.24, 2.45) is 5.73 Å². The minimum atomic E-state index is 0. The zero-order chi connectivity index (χ0) is 9.42. The lowest BCUT2D eigenvalue weighted by Gasteiger charge is -2.24. The molecule has 14 heavy (non-hydrogen) atoms. The summed E-state index contributed by atoms with van der Waals surface area (Å²) in [4.78, 5) is 0. The van der Waals surface area contributed by atoms with Crippen LogP contribution in [0.25, 0.3) is 0 Å². The van der Waals surface area contributed by atoms with E-state index in [0.29, 0.717) is 11.6 Å². The number of nitrogens with two attached hydrogens (primary N) is 1. The Bertz CT molecular complexity index is 346. The number of rotatable bonds is 0. The van der Waals surface area contributed by atoms with Crippen molar-refractivity contribution in [2.45, 2.75) is 12.5 Å². The van der Waals surface area contributed by atoms with Gasteiger partial charge < -0.3 is 10.5 Å². The lowest BCUT2D eigenvalue weighted by atomic mass is 10.0. The number of hydrogen-bond acceptors (Lipinski definition) is 2. The predicted octanol–water partition coefficient (Wildman–Crippen LogP) is 3.31. The van der Waals surface area contributed by atoms with Gasteiger partial charge >= 0.3 is 0 Å². The van der Waals surface area contributed by atoms with E-state index < -0.39 is 0 Å². The molecule has 1 aliphatic heterocycles. The molecule has 0 bridgehead atoms. The van der Waals surface area contributed by atoms with Crippen LogP contribution in [-0.4, -0.2) is 6.61 Å². The third-order valence-corrected chi connectivity index (χ3v) is 2.92. The fraction of sp³-hybridized carbons (Fsp3) is 0.333. The standard InChI is InChI=1S/C9H9BrClNO.ClH/c10-7-4-5(11)3-6-8(12)1-2-13-9(6)7;/h3-4,8H,1-2,12H2;1H/t8-;/m1./s1. The van der Waals surface area contributed by atoms with Gasteiger partial charge in [0.2, 0.25) is 0 Å². The number of fused-ring (bicyclic) bond motifs is 1. The van der Waals surface area contributed by atoms with E-state index in [4.69, 9.17) is 22.1 Å². The molecule has 1 aromatic carbocycles. The molecule has 2 N–H and O–H groups in total. The molecule has 0 aromatic heterocycles. The van der Waals surface area contributed by atoms with Crippen LogP contribution in [0, 0.1) is 0 Å². The second kappa shape index (κ2) is 4.71. The fourth-order valence-electron chi connectivity index (χ4n) is 1.45. The van der Waals surface area contributed by atoms with E-state index in [1.54, 1.807) is 0 Å². The van der Waals surface area contributed by atoms with Crippen LogP contribution in [0.1, 0.15) is 18.0 Å². The van der Waals surface area contributed by atoms with Crippen LogP contribution in [0.3, 0.4) is 0 Å². The molecular weight excluding hydrogens is 289 g/mol. The highest BCUT2D eigenvalue weighted by molar-refractivity contribution is 9.10. The summed E-state index contributed by atoms with van der Waals surface area (Å²) in [5.41, 5.74) is 6.92. The molecule has 0 unspecified atom stereocenters. The van der Waals surface area contributed by atoms with E-state index in [2.05, 4.69) is 15.9 Å². The minimum Gasteiger partial charge on any atom is -0.492 e. The largest absolute Gasteiger partial charge is 0.492 e. The van der Waals surface area contributed by atoms with Crippen LogP contribution >= 0.6 is 39.9 Å². The van der Waals surface area contributed by atoms with E-state index in [-0.39, 0.29) is 18.4 Å². The highest BCUT2D eigenvalue weighted by Crippen LogP contribution is 2.38. The summed E-state index contributed by atoms with van der Waals surface area (Å²) in [6.45, 7) is 0.675. The fourth-order valence-corrected chi connectivity index (χ4v) is 2.40. The first kappa shape index (κ1) is 12.1. The summed E-state index contributed by atoms with van der Waals surface area (Å²) < 4.78 is 6.37. The van der Waals surface area contributed by atoms with Gasteiger partial charge in [0.05, 0.1) is 11.1 Å². The highest BCUT2D eigenvalue weighted by atomic mass is 79.9. The molecule has 0 fully saturated rings. The van der Waals surface area contributed by atoms with Crippen LogP contribution in [-0.2, 0) is 0 Å². The molecule has 1 atom stereocenters. The van der Waals surface area contributed by atoms with Crippen LogP contribution in [0.4, 0.5) is 0 Å². The summed E-state index contributed by atoms with van der Waals surface area (Å²) in [6.07, 6.45) is 0.847. The number of hydrogen-bond donors (Lipinski definition) is 1. The summed E-state index contributed by atoms with van der Waals surface area (Å²) >= 11 is 9.30. The molecule has 0 saturated carbocycles. The third-order valence-electron chi connectivity index (χ3n) is 2.11. The van der Waals surface area contributed by atoms with Crippen molar-refractivity contribution in [2.75, 3.05) is 6.61 Å². The zero-order valence-corrected chi connectivity index (χ0v) is 10.5. The molecular formula is C9H10BrCl2NO. The van der Waals surface area contributed by atoms with Crippen molar-refractivity contribution in [3.8, 4) is 5.75 Å². The third kappa shape index (κ3) is 2.16. The van der Waals surface area contributed by atoms with Gasteiger partial charge in [-0.1, -0.05) is 11.6 Å². The van der Waals surface area contributed by atoms with Crippen LogP contribution in [0.5, 0.6) is 5.75 Å². The number of halogens is 3. The topological polar surface area (TPSA) is 35.2 Å². The lowest BCUT2D eigenvalue weighted by Crippen LogP contribution is -2.20. The predicted molar refractivity (Wildman–Crippen MR) is 63.4 cm³/mol. The smallest absolute Gasteiger partial charge is 0.138 e. The van der Waals surface area contributed by atoms with Crippen molar-refractivity contribution in [1.82, 2.24) is 0 Å². The Morgan fingerprint density at radius 2 is 2.21 bits per heavy atom. The molecule has 1 heterocycles. The Labute approximate surface area is 102 Å². The van der Waals surface area contributed by atoms with Crippen molar-refractivity contribution < 1.29 is 4.74 Å². The van der Waals surface area contributed by atoms with Crippen molar-refractivity contribution >= 4 is 39.9 Å². The molecule has 2 rings (SSSR count). The van der Waals surface area contributed by atoms with Gasteiger partial charge in [0.15, 0.2) is 0 Å². The molecule has 78 valence electrons. The Hall–Kier alpha value is 0.0400. The summed E-state index contributed by atoms with van der Waals surface area (Å²) in [6, 6.07) is 3.72. The molecule has 0 amide bonds. The van der Waals surface area contributed by atoms with Crippen molar-refractivity contribution in [1.29, 1.82) is 0 Å². The average Bonchev–Trinajstić information content (AvgIpc) is 2.07. The van der Waals surface area contributed by atoms with Crippen LogP contribution in [0.15, 0.2) is 16.6 Å². The number of benzene rings is 1. The van der Waals surface area contributed by atoms with Gasteiger partial charge in [0.1, 0.15) is 5.75 Å². The SMILES string of the molecule is Cl.N[C@@H]1CCOc2c(Br)cc(Cl)cc21. The maximum absolute atomic E-state index is 5.92. The first-order chi connectivity index (χ1) is 6.18. The van der Waals surface area contributed by atoms with Gasteiger partial charge in [-0.2, -0.15) is 0 Å².